The lowest BCUT2D eigenvalue weighted by molar-refractivity contribution is 0.0511. The molecule has 0 spiro atoms. The van der Waals surface area contributed by atoms with E-state index in [0.29, 0.717) is 0 Å². The smallest absolute Gasteiger partial charge is 0.188 e. The molecule has 34 heavy (non-hydrogen) atoms. The van der Waals surface area contributed by atoms with Crippen LogP contribution in [0.25, 0.3) is 11.1 Å². The van der Waals surface area contributed by atoms with E-state index in [-0.39, 0.29) is 6.79 Å². The molecule has 4 heteroatoms. The van der Waals surface area contributed by atoms with Crippen LogP contribution in [0, 0.1) is 0 Å². The Morgan fingerprint density at radius 2 is 1.15 bits per heavy atom. The molecule has 0 bridgehead atoms. The summed E-state index contributed by atoms with van der Waals surface area (Å²) in [5, 5.41) is 4.93. The summed E-state index contributed by atoms with van der Waals surface area (Å²) in [7, 11) is 1.61. The maximum absolute atomic E-state index is 5.54. The van der Waals surface area contributed by atoms with Crippen LogP contribution in [0.15, 0.2) is 128 Å². The van der Waals surface area contributed by atoms with Gasteiger partial charge in [0.1, 0.15) is 11.3 Å². The van der Waals surface area contributed by atoms with E-state index in [1.54, 1.807) is 7.11 Å². The summed E-state index contributed by atoms with van der Waals surface area (Å²) in [5.74, 6) is 0.769. The Hall–Kier alpha value is -4.15. The van der Waals surface area contributed by atoms with Gasteiger partial charge in [0.2, 0.25) is 0 Å². The predicted octanol–water partition coefficient (Wildman–Crippen LogP) is 6.37. The summed E-state index contributed by atoms with van der Waals surface area (Å²) in [6.07, 6.45) is 4.05. The van der Waals surface area contributed by atoms with Crippen LogP contribution in [-0.2, 0) is 10.3 Å². The first-order valence-electron chi connectivity index (χ1n) is 11.3. The zero-order chi connectivity index (χ0) is 23.2. The number of hydrogen-bond donors (Lipinski definition) is 0. The minimum absolute atomic E-state index is 0.227. The van der Waals surface area contributed by atoms with E-state index < -0.39 is 5.54 Å². The molecule has 1 heterocycles. The monoisotopic (exact) mass is 446 g/mol. The third kappa shape index (κ3) is 4.00. The average molecular weight is 447 g/mol. The van der Waals surface area contributed by atoms with Crippen LogP contribution in [0.4, 0.5) is 0 Å². The van der Waals surface area contributed by atoms with Crippen molar-refractivity contribution >= 4 is 0 Å². The van der Waals surface area contributed by atoms with Gasteiger partial charge in [0.15, 0.2) is 6.79 Å². The van der Waals surface area contributed by atoms with Crippen LogP contribution in [0.2, 0.25) is 0 Å². The maximum Gasteiger partial charge on any atom is 0.188 e. The number of benzene rings is 4. The second-order valence-corrected chi connectivity index (χ2v) is 8.06. The molecule has 5 aromatic rings. The quantitative estimate of drug-likeness (QED) is 0.205. The van der Waals surface area contributed by atoms with Crippen LogP contribution < -0.4 is 4.74 Å². The van der Waals surface area contributed by atoms with Crippen molar-refractivity contribution in [3.05, 3.63) is 144 Å². The number of nitrogens with zero attached hydrogens (tertiary/aromatic N) is 2. The molecule has 4 nitrogen and oxygen atoms in total. The van der Waals surface area contributed by atoms with Gasteiger partial charge in [-0.2, -0.15) is 5.10 Å². The minimum atomic E-state index is -0.621. The van der Waals surface area contributed by atoms with Crippen LogP contribution in [0.5, 0.6) is 5.75 Å². The molecule has 0 aliphatic carbocycles. The van der Waals surface area contributed by atoms with Gasteiger partial charge in [0, 0.05) is 18.9 Å². The number of ether oxygens (including phenoxy) is 2. The standard InChI is InChI=1S/C30H26N2O2/c1-33-23-34-29-19-17-24(18-20-29)25-21-31-32(22-25)30(26-11-5-2-6-12-26,27-13-7-3-8-14-27)28-15-9-4-10-16-28/h2-22H,23H2,1H3. The Kier molecular flexibility index (Phi) is 6.23. The Labute approximate surface area is 200 Å². The van der Waals surface area contributed by atoms with Crippen LogP contribution in [-0.4, -0.2) is 23.7 Å². The van der Waals surface area contributed by atoms with Crippen LogP contribution in [0.3, 0.4) is 0 Å². The molecule has 0 N–H and O–H groups in total. The largest absolute Gasteiger partial charge is 0.468 e. The fourth-order valence-corrected chi connectivity index (χ4v) is 4.46. The molecule has 0 saturated heterocycles. The highest BCUT2D eigenvalue weighted by Crippen LogP contribution is 2.41. The van der Waals surface area contributed by atoms with Crippen molar-refractivity contribution in [3.8, 4) is 16.9 Å². The van der Waals surface area contributed by atoms with Crippen molar-refractivity contribution < 1.29 is 9.47 Å². The molecular formula is C30H26N2O2. The summed E-state index contributed by atoms with van der Waals surface area (Å²) in [5.41, 5.74) is 4.91. The van der Waals surface area contributed by atoms with Crippen LogP contribution in [0.1, 0.15) is 16.7 Å². The van der Waals surface area contributed by atoms with Crippen molar-refractivity contribution in [2.45, 2.75) is 5.54 Å². The Bertz CT molecular complexity index is 1220. The van der Waals surface area contributed by atoms with Crippen LogP contribution >= 0.6 is 0 Å². The first-order valence-corrected chi connectivity index (χ1v) is 11.3. The van der Waals surface area contributed by atoms with Crippen molar-refractivity contribution in [1.82, 2.24) is 9.78 Å². The van der Waals surface area contributed by atoms with E-state index in [4.69, 9.17) is 14.6 Å². The van der Waals surface area contributed by atoms with Gasteiger partial charge in [0.05, 0.1) is 6.20 Å². The molecule has 0 saturated carbocycles. The molecular weight excluding hydrogens is 420 g/mol. The van der Waals surface area contributed by atoms with E-state index >= 15 is 0 Å². The lowest BCUT2D eigenvalue weighted by Gasteiger charge is -2.36. The first-order chi connectivity index (χ1) is 16.8. The molecule has 5 rings (SSSR count). The Morgan fingerprint density at radius 1 is 0.647 bits per heavy atom. The predicted molar refractivity (Wildman–Crippen MR) is 135 cm³/mol. The Morgan fingerprint density at radius 3 is 1.62 bits per heavy atom. The summed E-state index contributed by atoms with van der Waals surface area (Å²) in [4.78, 5) is 0. The number of rotatable bonds is 8. The van der Waals surface area contributed by atoms with E-state index in [2.05, 4.69) is 83.7 Å². The fourth-order valence-electron chi connectivity index (χ4n) is 4.46. The number of hydrogen-bond acceptors (Lipinski definition) is 3. The minimum Gasteiger partial charge on any atom is -0.468 e. The lowest BCUT2D eigenvalue weighted by atomic mass is 9.77. The molecule has 0 radical (unpaired) electrons. The zero-order valence-corrected chi connectivity index (χ0v) is 19.0. The van der Waals surface area contributed by atoms with Crippen molar-refractivity contribution in [1.29, 1.82) is 0 Å². The fraction of sp³-hybridized carbons (Fsp3) is 0.100. The number of methoxy groups -OCH3 is 1. The summed E-state index contributed by atoms with van der Waals surface area (Å²) in [6, 6.07) is 39.6. The van der Waals surface area contributed by atoms with Crippen molar-refractivity contribution in [3.63, 3.8) is 0 Å². The van der Waals surface area contributed by atoms with E-state index in [9.17, 15) is 0 Å². The van der Waals surface area contributed by atoms with Gasteiger partial charge in [-0.15, -0.1) is 0 Å². The van der Waals surface area contributed by atoms with Gasteiger partial charge >= 0.3 is 0 Å². The lowest BCUT2D eigenvalue weighted by Crippen LogP contribution is -2.38. The van der Waals surface area contributed by atoms with Gasteiger partial charge in [-0.3, -0.25) is 4.68 Å². The van der Waals surface area contributed by atoms with E-state index in [0.717, 1.165) is 33.6 Å². The molecule has 0 atom stereocenters. The van der Waals surface area contributed by atoms with Gasteiger partial charge in [0.25, 0.3) is 0 Å². The number of aromatic nitrogens is 2. The third-order valence-electron chi connectivity index (χ3n) is 6.03. The summed E-state index contributed by atoms with van der Waals surface area (Å²) in [6.45, 7) is 0.227. The highest BCUT2D eigenvalue weighted by Gasteiger charge is 2.39. The SMILES string of the molecule is COCOc1ccc(-c2cnn(C(c3ccccc3)(c3ccccc3)c3ccccc3)c2)cc1. The third-order valence-corrected chi connectivity index (χ3v) is 6.03. The Balaban J connectivity index is 1.68. The summed E-state index contributed by atoms with van der Waals surface area (Å²) < 4.78 is 12.6. The molecule has 0 fully saturated rings. The maximum atomic E-state index is 5.54. The second kappa shape index (κ2) is 9.77. The topological polar surface area (TPSA) is 36.3 Å². The first kappa shape index (κ1) is 21.7. The summed E-state index contributed by atoms with van der Waals surface area (Å²) >= 11 is 0. The van der Waals surface area contributed by atoms with E-state index in [1.807, 2.05) is 48.7 Å². The molecule has 0 aliphatic heterocycles. The van der Waals surface area contributed by atoms with Gasteiger partial charge in [-0.05, 0) is 34.4 Å². The molecule has 4 aromatic carbocycles. The van der Waals surface area contributed by atoms with Crippen molar-refractivity contribution in [2.24, 2.45) is 0 Å². The average Bonchev–Trinajstić information content (AvgIpc) is 3.41. The molecule has 0 aliphatic rings. The molecule has 0 unspecified atom stereocenters. The highest BCUT2D eigenvalue weighted by molar-refractivity contribution is 5.63. The zero-order valence-electron chi connectivity index (χ0n) is 19.0. The molecule has 0 amide bonds. The normalized spacial score (nSPS) is 11.3. The van der Waals surface area contributed by atoms with Crippen molar-refractivity contribution in [2.75, 3.05) is 13.9 Å². The van der Waals surface area contributed by atoms with E-state index in [1.165, 1.54) is 0 Å². The van der Waals surface area contributed by atoms with Gasteiger partial charge in [-0.1, -0.05) is 103 Å². The van der Waals surface area contributed by atoms with Gasteiger partial charge < -0.3 is 9.47 Å². The highest BCUT2D eigenvalue weighted by atomic mass is 16.7. The molecule has 1 aromatic heterocycles. The van der Waals surface area contributed by atoms with Gasteiger partial charge in [-0.25, -0.2) is 0 Å². The molecule has 168 valence electrons. The second-order valence-electron chi connectivity index (χ2n) is 8.06.